The molecule has 0 aliphatic heterocycles. The predicted molar refractivity (Wildman–Crippen MR) is 108 cm³/mol. The van der Waals surface area contributed by atoms with Gasteiger partial charge in [0.15, 0.2) is 0 Å². The first-order chi connectivity index (χ1) is 13.4. The van der Waals surface area contributed by atoms with Crippen LogP contribution in [-0.4, -0.2) is 21.2 Å². The fraction of sp³-hybridized carbons (Fsp3) is 0.217. The summed E-state index contributed by atoms with van der Waals surface area (Å²) in [6, 6.07) is 16.8. The summed E-state index contributed by atoms with van der Waals surface area (Å²) in [5, 5.41) is 18.5. The first-order valence-electron chi connectivity index (χ1n) is 9.12. The van der Waals surface area contributed by atoms with Gasteiger partial charge in [-0.25, -0.2) is 4.98 Å². The molecule has 1 heterocycles. The molecule has 0 aliphatic rings. The largest absolute Gasteiger partial charge is 0.508 e. The zero-order chi connectivity index (χ0) is 20.1. The van der Waals surface area contributed by atoms with Crippen LogP contribution in [0, 0.1) is 13.8 Å². The number of benzene rings is 2. The van der Waals surface area contributed by atoms with E-state index in [0.717, 1.165) is 33.5 Å². The number of rotatable bonds is 7. The first kappa shape index (κ1) is 19.4. The fourth-order valence-electron chi connectivity index (χ4n) is 3.19. The van der Waals surface area contributed by atoms with E-state index in [1.165, 1.54) is 0 Å². The van der Waals surface area contributed by atoms with Crippen molar-refractivity contribution in [1.29, 1.82) is 0 Å². The highest BCUT2D eigenvalue weighted by molar-refractivity contribution is 5.69. The van der Waals surface area contributed by atoms with Crippen LogP contribution in [0.1, 0.15) is 28.7 Å². The van der Waals surface area contributed by atoms with Crippen molar-refractivity contribution in [3.63, 3.8) is 0 Å². The lowest BCUT2D eigenvalue weighted by Crippen LogP contribution is -2.00. The smallest absolute Gasteiger partial charge is 0.303 e. The van der Waals surface area contributed by atoms with E-state index in [-0.39, 0.29) is 12.2 Å². The number of carboxylic acids is 1. The number of pyridine rings is 1. The predicted octanol–water partition coefficient (Wildman–Crippen LogP) is 4.67. The molecular formula is C23H23NO4. The van der Waals surface area contributed by atoms with E-state index in [0.29, 0.717) is 18.9 Å². The van der Waals surface area contributed by atoms with Gasteiger partial charge < -0.3 is 14.9 Å². The molecule has 2 N–H and O–H groups in total. The Balaban J connectivity index is 1.69. The standard InChI is InChI=1S/C23H23NO4/c1-15-12-19(25)13-16(2)23(15)20-4-3-5-21(24-20)28-14-18-8-6-17(7-9-18)10-11-22(26)27/h3-9,12-13,25H,10-11,14H2,1-2H3,(H,26,27). The maximum absolute atomic E-state index is 10.6. The number of carboxylic acid groups (broad SMARTS) is 1. The highest BCUT2D eigenvalue weighted by Crippen LogP contribution is 2.30. The van der Waals surface area contributed by atoms with Gasteiger partial charge in [0.25, 0.3) is 0 Å². The van der Waals surface area contributed by atoms with Gasteiger partial charge in [-0.2, -0.15) is 0 Å². The van der Waals surface area contributed by atoms with Crippen molar-refractivity contribution >= 4 is 5.97 Å². The minimum Gasteiger partial charge on any atom is -0.508 e. The zero-order valence-electron chi connectivity index (χ0n) is 16.0. The Morgan fingerprint density at radius 2 is 1.64 bits per heavy atom. The van der Waals surface area contributed by atoms with Gasteiger partial charge >= 0.3 is 5.97 Å². The Hall–Kier alpha value is -3.34. The number of aryl methyl sites for hydroxylation is 3. The van der Waals surface area contributed by atoms with Crippen LogP contribution in [-0.2, 0) is 17.8 Å². The van der Waals surface area contributed by atoms with Crippen LogP contribution in [0.25, 0.3) is 11.3 Å². The highest BCUT2D eigenvalue weighted by atomic mass is 16.5. The molecule has 0 fully saturated rings. The topological polar surface area (TPSA) is 79.7 Å². The van der Waals surface area contributed by atoms with Crippen LogP contribution in [0.4, 0.5) is 0 Å². The van der Waals surface area contributed by atoms with Crippen molar-refractivity contribution < 1.29 is 19.7 Å². The molecule has 144 valence electrons. The Kier molecular flexibility index (Phi) is 5.94. The zero-order valence-corrected chi connectivity index (χ0v) is 16.0. The quantitative estimate of drug-likeness (QED) is 0.626. The van der Waals surface area contributed by atoms with Gasteiger partial charge in [-0.15, -0.1) is 0 Å². The van der Waals surface area contributed by atoms with Gasteiger partial charge in [0.2, 0.25) is 5.88 Å². The van der Waals surface area contributed by atoms with Crippen LogP contribution in [0.2, 0.25) is 0 Å². The van der Waals surface area contributed by atoms with Gasteiger partial charge in [-0.3, -0.25) is 4.79 Å². The summed E-state index contributed by atoms with van der Waals surface area (Å²) in [5.74, 6) is -0.0187. The van der Waals surface area contributed by atoms with Crippen LogP contribution in [0.3, 0.4) is 0 Å². The molecule has 0 saturated carbocycles. The summed E-state index contributed by atoms with van der Waals surface area (Å²) in [7, 11) is 0. The van der Waals surface area contributed by atoms with Gasteiger partial charge in [0.1, 0.15) is 12.4 Å². The summed E-state index contributed by atoms with van der Waals surface area (Å²) in [4.78, 5) is 15.3. The van der Waals surface area contributed by atoms with Crippen LogP contribution in [0.5, 0.6) is 11.6 Å². The molecule has 1 aromatic heterocycles. The minimum atomic E-state index is -0.794. The molecule has 0 atom stereocenters. The van der Waals surface area contributed by atoms with E-state index in [9.17, 15) is 9.90 Å². The SMILES string of the molecule is Cc1cc(O)cc(C)c1-c1cccc(OCc2ccc(CCC(=O)O)cc2)n1. The van der Waals surface area contributed by atoms with Gasteiger partial charge in [-0.05, 0) is 60.7 Å². The molecule has 0 aliphatic carbocycles. The number of hydrogen-bond acceptors (Lipinski definition) is 4. The lowest BCUT2D eigenvalue weighted by molar-refractivity contribution is -0.136. The Morgan fingerprint density at radius 1 is 1.00 bits per heavy atom. The normalized spacial score (nSPS) is 10.6. The van der Waals surface area contributed by atoms with Crippen molar-refractivity contribution in [1.82, 2.24) is 4.98 Å². The van der Waals surface area contributed by atoms with E-state index in [4.69, 9.17) is 9.84 Å². The Morgan fingerprint density at radius 3 is 2.29 bits per heavy atom. The maximum atomic E-state index is 10.6. The summed E-state index contributed by atoms with van der Waals surface area (Å²) in [5.41, 5.74) is 5.69. The van der Waals surface area contributed by atoms with Crippen molar-refractivity contribution in [3.8, 4) is 22.9 Å². The Labute approximate surface area is 164 Å². The lowest BCUT2D eigenvalue weighted by Gasteiger charge is -2.12. The summed E-state index contributed by atoms with van der Waals surface area (Å²) in [6.07, 6.45) is 0.647. The number of phenolic OH excluding ortho intramolecular Hbond substituents is 1. The molecule has 0 amide bonds. The number of aromatic nitrogens is 1. The highest BCUT2D eigenvalue weighted by Gasteiger charge is 2.10. The second-order valence-electron chi connectivity index (χ2n) is 6.81. The second-order valence-corrected chi connectivity index (χ2v) is 6.81. The molecule has 0 unspecified atom stereocenters. The number of aliphatic carboxylic acids is 1. The molecule has 3 rings (SSSR count). The summed E-state index contributed by atoms with van der Waals surface area (Å²) in [6.45, 7) is 4.27. The molecule has 0 radical (unpaired) electrons. The summed E-state index contributed by atoms with van der Waals surface area (Å²) < 4.78 is 5.84. The fourth-order valence-corrected chi connectivity index (χ4v) is 3.19. The van der Waals surface area contributed by atoms with E-state index in [1.54, 1.807) is 12.1 Å². The van der Waals surface area contributed by atoms with Crippen molar-refractivity contribution in [3.05, 3.63) is 76.9 Å². The van der Waals surface area contributed by atoms with Crippen LogP contribution < -0.4 is 4.74 Å². The molecule has 28 heavy (non-hydrogen) atoms. The van der Waals surface area contributed by atoms with Crippen molar-refractivity contribution in [2.24, 2.45) is 0 Å². The summed E-state index contributed by atoms with van der Waals surface area (Å²) >= 11 is 0. The average molecular weight is 377 g/mol. The molecule has 0 spiro atoms. The molecule has 0 bridgehead atoms. The Bertz CT molecular complexity index is 957. The molecule has 5 nitrogen and oxygen atoms in total. The van der Waals surface area contributed by atoms with E-state index >= 15 is 0 Å². The van der Waals surface area contributed by atoms with Crippen LogP contribution >= 0.6 is 0 Å². The number of nitrogens with zero attached hydrogens (tertiary/aromatic N) is 1. The van der Waals surface area contributed by atoms with Gasteiger partial charge in [0, 0.05) is 18.1 Å². The number of aromatic hydroxyl groups is 1. The average Bonchev–Trinajstić information content (AvgIpc) is 2.65. The van der Waals surface area contributed by atoms with Crippen molar-refractivity contribution in [2.75, 3.05) is 0 Å². The van der Waals surface area contributed by atoms with Gasteiger partial charge in [-0.1, -0.05) is 30.3 Å². The number of hydrogen-bond donors (Lipinski definition) is 2. The molecule has 0 saturated heterocycles. The number of ether oxygens (including phenoxy) is 1. The number of phenols is 1. The minimum absolute atomic E-state index is 0.128. The van der Waals surface area contributed by atoms with E-state index < -0.39 is 5.97 Å². The van der Waals surface area contributed by atoms with Gasteiger partial charge in [0.05, 0.1) is 5.69 Å². The van der Waals surface area contributed by atoms with Crippen LogP contribution in [0.15, 0.2) is 54.6 Å². The maximum Gasteiger partial charge on any atom is 0.303 e. The third kappa shape index (κ3) is 4.88. The lowest BCUT2D eigenvalue weighted by atomic mass is 9.99. The molecule has 3 aromatic rings. The third-order valence-electron chi connectivity index (χ3n) is 4.53. The number of carbonyl (C=O) groups is 1. The van der Waals surface area contributed by atoms with E-state index in [2.05, 4.69) is 4.98 Å². The molecule has 5 heteroatoms. The molecule has 2 aromatic carbocycles. The third-order valence-corrected chi connectivity index (χ3v) is 4.53. The second kappa shape index (κ2) is 8.57. The van der Waals surface area contributed by atoms with E-state index in [1.807, 2.05) is 56.3 Å². The van der Waals surface area contributed by atoms with Crippen molar-refractivity contribution in [2.45, 2.75) is 33.3 Å². The first-order valence-corrected chi connectivity index (χ1v) is 9.12. The molecular weight excluding hydrogens is 354 g/mol. The monoisotopic (exact) mass is 377 g/mol.